The van der Waals surface area contributed by atoms with E-state index < -0.39 is 11.7 Å². The van der Waals surface area contributed by atoms with E-state index in [0.29, 0.717) is 6.42 Å². The van der Waals surface area contributed by atoms with Crippen molar-refractivity contribution in [2.45, 2.75) is 50.6 Å². The third kappa shape index (κ3) is 5.30. The van der Waals surface area contributed by atoms with Gasteiger partial charge in [0.25, 0.3) is 0 Å². The number of rotatable bonds is 6. The Morgan fingerprint density at radius 2 is 1.72 bits per heavy atom. The van der Waals surface area contributed by atoms with Gasteiger partial charge in [0.1, 0.15) is 0 Å². The molecule has 102 valence electrons. The highest BCUT2D eigenvalue weighted by atomic mass is 35.5. The average molecular weight is 279 g/mol. The van der Waals surface area contributed by atoms with Gasteiger partial charge in [-0.3, -0.25) is 0 Å². The van der Waals surface area contributed by atoms with Gasteiger partial charge < -0.3 is 0 Å². The molecule has 0 heterocycles. The van der Waals surface area contributed by atoms with Crippen LogP contribution in [-0.2, 0) is 12.6 Å². The van der Waals surface area contributed by atoms with Crippen molar-refractivity contribution in [1.29, 1.82) is 0 Å². The summed E-state index contributed by atoms with van der Waals surface area (Å²) >= 11 is 6.16. The Hall–Kier alpha value is -0.700. The number of benzene rings is 1. The van der Waals surface area contributed by atoms with E-state index in [0.717, 1.165) is 43.4 Å². The Balaban J connectivity index is 2.48. The summed E-state index contributed by atoms with van der Waals surface area (Å²) in [7, 11) is 0. The molecule has 0 aliphatic carbocycles. The zero-order valence-electron chi connectivity index (χ0n) is 10.4. The lowest BCUT2D eigenvalue weighted by atomic mass is 10.0. The van der Waals surface area contributed by atoms with Crippen LogP contribution in [0, 0.1) is 0 Å². The molecule has 1 atom stereocenters. The van der Waals surface area contributed by atoms with E-state index in [4.69, 9.17) is 11.6 Å². The van der Waals surface area contributed by atoms with Crippen LogP contribution in [0.2, 0.25) is 0 Å². The van der Waals surface area contributed by atoms with Crippen molar-refractivity contribution in [3.05, 3.63) is 35.4 Å². The third-order valence-corrected chi connectivity index (χ3v) is 3.23. The summed E-state index contributed by atoms with van der Waals surface area (Å²) in [4.78, 5) is 0. The molecule has 0 saturated heterocycles. The minimum atomic E-state index is -4.26. The van der Waals surface area contributed by atoms with Crippen LogP contribution < -0.4 is 0 Å². The lowest BCUT2D eigenvalue weighted by molar-refractivity contribution is -0.137. The molecule has 0 spiro atoms. The molecule has 0 aliphatic heterocycles. The Morgan fingerprint density at radius 1 is 1.11 bits per heavy atom. The van der Waals surface area contributed by atoms with Crippen molar-refractivity contribution in [3.63, 3.8) is 0 Å². The van der Waals surface area contributed by atoms with Crippen LogP contribution in [0.3, 0.4) is 0 Å². The molecule has 1 aromatic carbocycles. The Kier molecular flexibility index (Phi) is 6.00. The summed E-state index contributed by atoms with van der Waals surface area (Å²) in [5, 5.41) is 0.00767. The minimum absolute atomic E-state index is 0.00767. The normalized spacial score (nSPS) is 13.6. The summed E-state index contributed by atoms with van der Waals surface area (Å²) in [5.41, 5.74) is 0.253. The van der Waals surface area contributed by atoms with Crippen LogP contribution in [0.5, 0.6) is 0 Å². The highest BCUT2D eigenvalue weighted by molar-refractivity contribution is 6.20. The van der Waals surface area contributed by atoms with E-state index in [1.54, 1.807) is 0 Å². The number of hydrogen-bond donors (Lipinski definition) is 0. The van der Waals surface area contributed by atoms with Gasteiger partial charge >= 0.3 is 6.18 Å². The summed E-state index contributed by atoms with van der Waals surface area (Å²) < 4.78 is 37.1. The number of halogens is 4. The molecule has 0 nitrogen and oxygen atoms in total. The molecule has 0 aliphatic rings. The van der Waals surface area contributed by atoms with Gasteiger partial charge in [-0.25, -0.2) is 0 Å². The first kappa shape index (κ1) is 15.4. The fraction of sp³-hybridized carbons (Fsp3) is 0.571. The van der Waals surface area contributed by atoms with E-state index >= 15 is 0 Å². The molecule has 0 aromatic heterocycles. The quantitative estimate of drug-likeness (QED) is 0.480. The number of alkyl halides is 4. The molecule has 0 amide bonds. The molecule has 0 radical (unpaired) electrons. The largest absolute Gasteiger partial charge is 0.416 e. The van der Waals surface area contributed by atoms with Crippen LogP contribution >= 0.6 is 11.6 Å². The van der Waals surface area contributed by atoms with Crippen molar-refractivity contribution in [2.24, 2.45) is 0 Å². The maximum absolute atomic E-state index is 12.4. The lowest BCUT2D eigenvalue weighted by Crippen LogP contribution is -2.06. The maximum Gasteiger partial charge on any atom is 0.416 e. The topological polar surface area (TPSA) is 0 Å². The maximum atomic E-state index is 12.4. The molecule has 1 unspecified atom stereocenters. The van der Waals surface area contributed by atoms with Gasteiger partial charge in [-0.2, -0.15) is 13.2 Å². The fourth-order valence-electron chi connectivity index (χ4n) is 1.80. The SMILES string of the molecule is CCCCCC(Cl)Cc1ccc(C(F)(F)F)cc1. The van der Waals surface area contributed by atoms with E-state index in [1.807, 2.05) is 0 Å². The van der Waals surface area contributed by atoms with Gasteiger partial charge in [-0.1, -0.05) is 38.3 Å². The van der Waals surface area contributed by atoms with Crippen LogP contribution in [0.15, 0.2) is 24.3 Å². The van der Waals surface area contributed by atoms with E-state index in [2.05, 4.69) is 6.92 Å². The third-order valence-electron chi connectivity index (χ3n) is 2.86. The Morgan fingerprint density at radius 3 is 2.22 bits per heavy atom. The van der Waals surface area contributed by atoms with Crippen molar-refractivity contribution < 1.29 is 13.2 Å². The van der Waals surface area contributed by atoms with E-state index in [9.17, 15) is 13.2 Å². The van der Waals surface area contributed by atoms with Crippen molar-refractivity contribution >= 4 is 11.6 Å². The Bertz CT molecular complexity index is 343. The van der Waals surface area contributed by atoms with Crippen LogP contribution in [0.1, 0.15) is 43.7 Å². The number of hydrogen-bond acceptors (Lipinski definition) is 0. The first-order valence-corrected chi connectivity index (χ1v) is 6.67. The second-order valence-electron chi connectivity index (χ2n) is 4.49. The van der Waals surface area contributed by atoms with Crippen molar-refractivity contribution in [2.75, 3.05) is 0 Å². The lowest BCUT2D eigenvalue weighted by Gasteiger charge is -2.11. The molecule has 1 aromatic rings. The average Bonchev–Trinajstić information content (AvgIpc) is 2.29. The van der Waals surface area contributed by atoms with Gasteiger partial charge in [0.2, 0.25) is 0 Å². The monoisotopic (exact) mass is 278 g/mol. The molecule has 4 heteroatoms. The van der Waals surface area contributed by atoms with Crippen molar-refractivity contribution in [1.82, 2.24) is 0 Å². The molecular formula is C14H18ClF3. The summed E-state index contributed by atoms with van der Waals surface area (Å²) in [5.74, 6) is 0. The van der Waals surface area contributed by atoms with E-state index in [-0.39, 0.29) is 5.38 Å². The molecular weight excluding hydrogens is 261 g/mol. The first-order valence-electron chi connectivity index (χ1n) is 6.23. The predicted molar refractivity (Wildman–Crippen MR) is 68.9 cm³/mol. The van der Waals surface area contributed by atoms with Gasteiger partial charge in [0.15, 0.2) is 0 Å². The highest BCUT2D eigenvalue weighted by Crippen LogP contribution is 2.29. The van der Waals surface area contributed by atoms with Crippen LogP contribution in [-0.4, -0.2) is 5.38 Å². The Labute approximate surface area is 111 Å². The summed E-state index contributed by atoms with van der Waals surface area (Å²) in [6, 6.07) is 5.26. The molecule has 0 fully saturated rings. The smallest absolute Gasteiger partial charge is 0.166 e. The van der Waals surface area contributed by atoms with Crippen molar-refractivity contribution in [3.8, 4) is 0 Å². The first-order chi connectivity index (χ1) is 8.43. The second-order valence-corrected chi connectivity index (χ2v) is 5.11. The fourth-order valence-corrected chi connectivity index (χ4v) is 2.14. The molecule has 0 bridgehead atoms. The summed E-state index contributed by atoms with van der Waals surface area (Å²) in [6.07, 6.45) is 0.644. The highest BCUT2D eigenvalue weighted by Gasteiger charge is 2.29. The molecule has 0 N–H and O–H groups in total. The summed E-state index contributed by atoms with van der Waals surface area (Å²) in [6.45, 7) is 2.12. The number of unbranched alkanes of at least 4 members (excludes halogenated alkanes) is 2. The second kappa shape index (κ2) is 7.03. The van der Waals surface area contributed by atoms with Gasteiger partial charge in [0.05, 0.1) is 5.56 Å². The van der Waals surface area contributed by atoms with Gasteiger partial charge in [-0.15, -0.1) is 11.6 Å². The predicted octanol–water partition coefficient (Wildman–Crippen LogP) is 5.44. The zero-order chi connectivity index (χ0) is 13.6. The van der Waals surface area contributed by atoms with Crippen LogP contribution in [0.4, 0.5) is 13.2 Å². The zero-order valence-corrected chi connectivity index (χ0v) is 11.2. The molecule has 18 heavy (non-hydrogen) atoms. The standard InChI is InChI=1S/C14H18ClF3/c1-2-3-4-5-13(15)10-11-6-8-12(9-7-11)14(16,17)18/h6-9,13H,2-5,10H2,1H3. The molecule has 0 saturated carbocycles. The van der Waals surface area contributed by atoms with Gasteiger partial charge in [-0.05, 0) is 30.5 Å². The van der Waals surface area contributed by atoms with E-state index in [1.165, 1.54) is 12.1 Å². The molecule has 1 rings (SSSR count). The van der Waals surface area contributed by atoms with Gasteiger partial charge in [0, 0.05) is 5.38 Å². The van der Waals surface area contributed by atoms with Crippen LogP contribution in [0.25, 0.3) is 0 Å². The minimum Gasteiger partial charge on any atom is -0.166 e.